The van der Waals surface area contributed by atoms with Crippen LogP contribution < -0.4 is 4.90 Å². The molecule has 2 aliphatic rings. The van der Waals surface area contributed by atoms with Gasteiger partial charge in [-0.1, -0.05) is 40.2 Å². The Labute approximate surface area is 299 Å². The van der Waals surface area contributed by atoms with Crippen molar-refractivity contribution in [1.82, 2.24) is 19.4 Å². The van der Waals surface area contributed by atoms with Crippen LogP contribution in [0, 0.1) is 6.92 Å². The van der Waals surface area contributed by atoms with Crippen molar-refractivity contribution in [2.45, 2.75) is 38.8 Å². The highest BCUT2D eigenvalue weighted by Crippen LogP contribution is 2.34. The molecular weight excluding hydrogens is 690 g/mol. The summed E-state index contributed by atoms with van der Waals surface area (Å²) in [7, 11) is 0. The molecule has 1 atom stereocenters. The Bertz CT molecular complexity index is 2220. The number of nitrogens with one attached hydrogen (secondary N) is 1. The van der Waals surface area contributed by atoms with E-state index in [0.717, 1.165) is 47.1 Å². The molecule has 2 aliphatic heterocycles. The summed E-state index contributed by atoms with van der Waals surface area (Å²) in [6.07, 6.45) is 6.93. The third-order valence-electron chi connectivity index (χ3n) is 10.1. The predicted molar refractivity (Wildman–Crippen MR) is 201 cm³/mol. The number of amides is 2. The fourth-order valence-electron chi connectivity index (χ4n) is 7.53. The number of aromatic amines is 1. The number of nitrogens with zero attached hydrogens (tertiary/aromatic N) is 4. The van der Waals surface area contributed by atoms with Crippen LogP contribution >= 0.6 is 15.9 Å². The zero-order valence-corrected chi connectivity index (χ0v) is 29.4. The molecule has 2 amide bonds. The lowest BCUT2D eigenvalue weighted by Crippen LogP contribution is -2.49. The minimum Gasteiger partial charge on any atom is -0.508 e. The minimum absolute atomic E-state index is 0.0160. The summed E-state index contributed by atoms with van der Waals surface area (Å²) in [5.41, 5.74) is 7.40. The van der Waals surface area contributed by atoms with Gasteiger partial charge in [-0.2, -0.15) is 0 Å². The van der Waals surface area contributed by atoms with Gasteiger partial charge in [-0.15, -0.1) is 0 Å². The van der Waals surface area contributed by atoms with E-state index in [1.54, 1.807) is 29.2 Å². The van der Waals surface area contributed by atoms with E-state index < -0.39 is 0 Å². The maximum absolute atomic E-state index is 14.7. The van der Waals surface area contributed by atoms with E-state index in [2.05, 4.69) is 48.9 Å². The lowest BCUT2D eigenvalue weighted by molar-refractivity contribution is 0.0594. The molecule has 252 valence electrons. The number of aromatic hydroxyl groups is 1. The number of benzene rings is 4. The van der Waals surface area contributed by atoms with Crippen molar-refractivity contribution in [3.05, 3.63) is 142 Å². The van der Waals surface area contributed by atoms with Gasteiger partial charge in [0, 0.05) is 64.0 Å². The monoisotopic (exact) mass is 727 g/mol. The van der Waals surface area contributed by atoms with E-state index in [-0.39, 0.29) is 23.6 Å². The first-order valence-electron chi connectivity index (χ1n) is 17.1. The number of carbonyl (C=O) groups is 2. The van der Waals surface area contributed by atoms with Crippen molar-refractivity contribution in [3.8, 4) is 11.4 Å². The van der Waals surface area contributed by atoms with Gasteiger partial charge >= 0.3 is 0 Å². The summed E-state index contributed by atoms with van der Waals surface area (Å²) in [6.45, 7) is 5.52. The van der Waals surface area contributed by atoms with E-state index in [1.807, 2.05) is 78.5 Å². The van der Waals surface area contributed by atoms with Crippen LogP contribution in [-0.2, 0) is 13.0 Å². The quantitative estimate of drug-likeness (QED) is 0.173. The van der Waals surface area contributed by atoms with Gasteiger partial charge in [-0.05, 0) is 123 Å². The number of carbonyl (C=O) groups excluding carboxylic acids is 2. The fraction of sp³-hybridized carbons (Fsp3) is 0.220. The average molecular weight is 729 g/mol. The number of aromatic nitrogens is 2. The number of hydrogen-bond donors (Lipinski definition) is 2. The second-order valence-electron chi connectivity index (χ2n) is 13.4. The molecule has 0 bridgehead atoms. The standard InChI is InChI=1S/C41H38BrN5O3/c1-27-20-31(40(49)47(33-9-12-36(48)13-10-33)34-11-15-38-29(22-34)16-17-43-38)25-45(27)39-23-32(42)8-14-37(39)41(50)46-24-30-7-3-2-6-28(30)21-35(46)26-44-18-4-5-19-44/h2-3,6-17,20,22-23,25,35,43,48H,4-5,18-19,21,24,26H2,1H3/t35-/m0/s1. The Morgan fingerprint density at radius 1 is 0.900 bits per heavy atom. The Hall–Kier alpha value is -5.12. The maximum atomic E-state index is 14.7. The third-order valence-corrected chi connectivity index (χ3v) is 10.6. The molecule has 1 saturated heterocycles. The lowest BCUT2D eigenvalue weighted by atomic mass is 9.92. The van der Waals surface area contributed by atoms with Crippen LogP contribution in [0.1, 0.15) is 50.4 Å². The first kappa shape index (κ1) is 32.1. The first-order valence-corrected chi connectivity index (χ1v) is 17.9. The van der Waals surface area contributed by atoms with Crippen LogP contribution in [0.5, 0.6) is 5.75 Å². The van der Waals surface area contributed by atoms with Crippen LogP contribution in [0.4, 0.5) is 11.4 Å². The number of aryl methyl sites for hydroxylation is 1. The molecule has 4 aromatic carbocycles. The van der Waals surface area contributed by atoms with Crippen molar-refractivity contribution in [3.63, 3.8) is 0 Å². The molecule has 1 fully saturated rings. The van der Waals surface area contributed by atoms with Crippen LogP contribution in [0.3, 0.4) is 0 Å². The predicted octanol–water partition coefficient (Wildman–Crippen LogP) is 8.38. The van der Waals surface area contributed by atoms with Gasteiger partial charge in [0.15, 0.2) is 0 Å². The number of anilines is 2. The van der Waals surface area contributed by atoms with Crippen molar-refractivity contribution < 1.29 is 14.7 Å². The zero-order chi connectivity index (χ0) is 34.4. The van der Waals surface area contributed by atoms with E-state index in [0.29, 0.717) is 34.7 Å². The molecule has 0 saturated carbocycles. The number of H-pyrrole nitrogens is 1. The molecule has 0 unspecified atom stereocenters. The normalized spacial score (nSPS) is 16.1. The summed E-state index contributed by atoms with van der Waals surface area (Å²) in [4.78, 5) is 38.7. The van der Waals surface area contributed by atoms with Gasteiger partial charge < -0.3 is 24.5 Å². The molecule has 4 heterocycles. The molecule has 6 aromatic rings. The van der Waals surface area contributed by atoms with Gasteiger partial charge in [0.1, 0.15) is 5.75 Å². The number of halogens is 1. The third kappa shape index (κ3) is 6.12. The maximum Gasteiger partial charge on any atom is 0.264 e. The number of hydrogen-bond acceptors (Lipinski definition) is 4. The molecule has 50 heavy (non-hydrogen) atoms. The highest BCUT2D eigenvalue weighted by Gasteiger charge is 2.34. The summed E-state index contributed by atoms with van der Waals surface area (Å²) < 4.78 is 2.79. The molecule has 8 nitrogen and oxygen atoms in total. The van der Waals surface area contributed by atoms with Gasteiger partial charge in [0.25, 0.3) is 11.8 Å². The van der Waals surface area contributed by atoms with E-state index in [1.165, 1.54) is 24.0 Å². The number of fused-ring (bicyclic) bond motifs is 2. The SMILES string of the molecule is Cc1cc(C(=O)N(c2ccc(O)cc2)c2ccc3[nH]ccc3c2)cn1-c1cc(Br)ccc1C(=O)N1Cc2ccccc2C[C@H]1CN1CCCC1. The van der Waals surface area contributed by atoms with Gasteiger partial charge in [0.05, 0.1) is 16.8 Å². The molecule has 8 rings (SSSR count). The van der Waals surface area contributed by atoms with Crippen molar-refractivity contribution in [2.75, 3.05) is 24.5 Å². The topological polar surface area (TPSA) is 84.8 Å². The van der Waals surface area contributed by atoms with Crippen LogP contribution in [0.25, 0.3) is 16.6 Å². The molecule has 0 radical (unpaired) electrons. The Morgan fingerprint density at radius 3 is 2.46 bits per heavy atom. The number of likely N-dealkylation sites (tertiary alicyclic amines) is 1. The molecule has 0 aliphatic carbocycles. The highest BCUT2D eigenvalue weighted by molar-refractivity contribution is 9.10. The summed E-state index contributed by atoms with van der Waals surface area (Å²) in [5.74, 6) is -0.123. The fourth-order valence-corrected chi connectivity index (χ4v) is 7.88. The van der Waals surface area contributed by atoms with Gasteiger partial charge in [-0.3, -0.25) is 14.5 Å². The Morgan fingerprint density at radius 2 is 1.66 bits per heavy atom. The minimum atomic E-state index is -0.228. The highest BCUT2D eigenvalue weighted by atomic mass is 79.9. The number of phenols is 1. The molecular formula is C41H38BrN5O3. The largest absolute Gasteiger partial charge is 0.508 e. The first-order chi connectivity index (χ1) is 24.3. The zero-order valence-electron chi connectivity index (χ0n) is 27.8. The van der Waals surface area contributed by atoms with Gasteiger partial charge in [0.2, 0.25) is 0 Å². The second-order valence-corrected chi connectivity index (χ2v) is 14.3. The van der Waals surface area contributed by atoms with Crippen molar-refractivity contribution in [2.24, 2.45) is 0 Å². The Kier molecular flexibility index (Phi) is 8.54. The van der Waals surface area contributed by atoms with Crippen molar-refractivity contribution in [1.29, 1.82) is 0 Å². The van der Waals surface area contributed by atoms with Crippen LogP contribution in [-0.4, -0.2) is 61.9 Å². The van der Waals surface area contributed by atoms with E-state index in [9.17, 15) is 14.7 Å². The lowest BCUT2D eigenvalue weighted by Gasteiger charge is -2.39. The van der Waals surface area contributed by atoms with Crippen LogP contribution in [0.15, 0.2) is 114 Å². The number of phenolic OH excluding ortho intramolecular Hbond substituents is 1. The summed E-state index contributed by atoms with van der Waals surface area (Å²) in [5, 5.41) is 11.0. The van der Waals surface area contributed by atoms with E-state index >= 15 is 0 Å². The van der Waals surface area contributed by atoms with Crippen molar-refractivity contribution >= 4 is 50.0 Å². The second kappa shape index (κ2) is 13.3. The van der Waals surface area contributed by atoms with Gasteiger partial charge in [-0.25, -0.2) is 0 Å². The summed E-state index contributed by atoms with van der Waals surface area (Å²) >= 11 is 3.65. The molecule has 2 N–H and O–H groups in total. The van der Waals surface area contributed by atoms with Crippen LogP contribution in [0.2, 0.25) is 0 Å². The smallest absolute Gasteiger partial charge is 0.264 e. The Balaban J connectivity index is 1.16. The van der Waals surface area contributed by atoms with E-state index in [4.69, 9.17) is 0 Å². The average Bonchev–Trinajstić information content (AvgIpc) is 3.90. The molecule has 9 heteroatoms. The molecule has 2 aromatic heterocycles. The summed E-state index contributed by atoms with van der Waals surface area (Å²) in [6, 6.07) is 30.6. The number of rotatable bonds is 7. The molecule has 0 spiro atoms.